The lowest BCUT2D eigenvalue weighted by Crippen LogP contribution is -2.41. The summed E-state index contributed by atoms with van der Waals surface area (Å²) in [7, 11) is -4.24. The number of nitro groups is 1. The molecule has 2 N–H and O–H groups in total. The first-order chi connectivity index (χ1) is 11.6. The molecule has 1 heterocycles. The van der Waals surface area contributed by atoms with Gasteiger partial charge in [0, 0.05) is 12.3 Å². The van der Waals surface area contributed by atoms with E-state index in [1.165, 1.54) is 18.3 Å². The van der Waals surface area contributed by atoms with Crippen LogP contribution in [-0.4, -0.2) is 35.4 Å². The lowest BCUT2D eigenvalue weighted by Gasteiger charge is -2.17. The number of nitrogens with zero attached hydrogens (tertiary/aromatic N) is 2. The fraction of sp³-hybridized carbons (Fsp3) is 0.333. The lowest BCUT2D eigenvalue weighted by molar-refractivity contribution is -0.383. The van der Waals surface area contributed by atoms with Crippen LogP contribution in [0.25, 0.3) is 10.9 Å². The van der Waals surface area contributed by atoms with Gasteiger partial charge in [-0.05, 0) is 30.5 Å². The minimum atomic E-state index is -4.24. The summed E-state index contributed by atoms with van der Waals surface area (Å²) in [6.07, 6.45) is 1.42. The van der Waals surface area contributed by atoms with Crippen LogP contribution >= 0.6 is 0 Å². The highest BCUT2D eigenvalue weighted by atomic mass is 32.2. The molecule has 0 spiro atoms. The summed E-state index contributed by atoms with van der Waals surface area (Å²) >= 11 is 0. The van der Waals surface area contributed by atoms with E-state index >= 15 is 0 Å². The Morgan fingerprint density at radius 3 is 2.60 bits per heavy atom. The molecule has 0 bridgehead atoms. The van der Waals surface area contributed by atoms with Gasteiger partial charge in [-0.1, -0.05) is 13.8 Å². The molecule has 1 atom stereocenters. The molecule has 0 aliphatic heterocycles. The number of hydrogen-bond acceptors (Lipinski definition) is 6. The van der Waals surface area contributed by atoms with Crippen LogP contribution in [0.4, 0.5) is 5.69 Å². The van der Waals surface area contributed by atoms with Gasteiger partial charge in [0.2, 0.25) is 10.0 Å². The molecule has 2 rings (SSSR count). The van der Waals surface area contributed by atoms with Crippen LogP contribution in [0, 0.1) is 16.0 Å². The van der Waals surface area contributed by atoms with Crippen molar-refractivity contribution in [2.75, 3.05) is 0 Å². The smallest absolute Gasteiger partial charge is 0.321 e. The molecular weight excluding hydrogens is 350 g/mol. The highest BCUT2D eigenvalue weighted by Gasteiger charge is 2.29. The topological polar surface area (TPSA) is 140 Å². The molecule has 0 aliphatic carbocycles. The van der Waals surface area contributed by atoms with Crippen molar-refractivity contribution in [1.29, 1.82) is 0 Å². The predicted molar refractivity (Wildman–Crippen MR) is 89.6 cm³/mol. The van der Waals surface area contributed by atoms with E-state index in [1.807, 2.05) is 0 Å². The zero-order valence-corrected chi connectivity index (χ0v) is 14.4. The molecule has 2 aromatic rings. The van der Waals surface area contributed by atoms with Crippen LogP contribution in [0.1, 0.15) is 20.3 Å². The van der Waals surface area contributed by atoms with E-state index in [4.69, 9.17) is 0 Å². The minimum Gasteiger partial charge on any atom is -0.480 e. The summed E-state index contributed by atoms with van der Waals surface area (Å²) in [5.74, 6) is -1.34. The quantitative estimate of drug-likeness (QED) is 0.563. The number of pyridine rings is 1. The van der Waals surface area contributed by atoms with E-state index in [0.717, 1.165) is 12.1 Å². The van der Waals surface area contributed by atoms with E-state index in [9.17, 15) is 28.4 Å². The predicted octanol–water partition coefficient (Wildman–Crippen LogP) is 1.92. The number of hydrogen-bond donors (Lipinski definition) is 2. The number of fused-ring (bicyclic) bond motifs is 1. The molecule has 1 aromatic carbocycles. The van der Waals surface area contributed by atoms with Crippen LogP contribution in [0.5, 0.6) is 0 Å². The Morgan fingerprint density at radius 2 is 2.04 bits per heavy atom. The maximum Gasteiger partial charge on any atom is 0.321 e. The highest BCUT2D eigenvalue weighted by molar-refractivity contribution is 7.89. The van der Waals surface area contributed by atoms with Crippen molar-refractivity contribution in [2.45, 2.75) is 31.2 Å². The van der Waals surface area contributed by atoms with Crippen LogP contribution < -0.4 is 4.72 Å². The first kappa shape index (κ1) is 18.7. The Balaban J connectivity index is 2.55. The van der Waals surface area contributed by atoms with E-state index in [1.54, 1.807) is 13.8 Å². The number of nitrogens with one attached hydrogen (secondary N) is 1. The molecule has 0 saturated heterocycles. The summed E-state index contributed by atoms with van der Waals surface area (Å²) in [6, 6.07) is 3.67. The van der Waals surface area contributed by atoms with E-state index < -0.39 is 27.0 Å². The number of rotatable bonds is 7. The minimum absolute atomic E-state index is 0.0458. The van der Waals surface area contributed by atoms with E-state index in [0.29, 0.717) is 0 Å². The molecule has 1 aromatic heterocycles. The Labute approximate surface area is 143 Å². The Hall–Kier alpha value is -2.59. The van der Waals surface area contributed by atoms with Crippen LogP contribution in [-0.2, 0) is 14.8 Å². The second-order valence-corrected chi connectivity index (χ2v) is 7.56. The van der Waals surface area contributed by atoms with Gasteiger partial charge in [0.1, 0.15) is 10.9 Å². The number of aliphatic carboxylic acids is 1. The number of carboxylic acid groups (broad SMARTS) is 1. The fourth-order valence-corrected chi connectivity index (χ4v) is 3.79. The summed E-state index contributed by atoms with van der Waals surface area (Å²) in [5.41, 5.74) is -0.364. The van der Waals surface area contributed by atoms with Crippen molar-refractivity contribution in [3.05, 3.63) is 40.6 Å². The molecule has 134 valence electrons. The van der Waals surface area contributed by atoms with Crippen molar-refractivity contribution < 1.29 is 23.2 Å². The van der Waals surface area contributed by atoms with Crippen molar-refractivity contribution >= 4 is 32.6 Å². The van der Waals surface area contributed by atoms with Crippen molar-refractivity contribution in [3.8, 4) is 0 Å². The molecule has 9 nitrogen and oxygen atoms in total. The normalized spacial score (nSPS) is 13.1. The fourth-order valence-electron chi connectivity index (χ4n) is 2.43. The van der Waals surface area contributed by atoms with Gasteiger partial charge in [0.05, 0.1) is 15.8 Å². The molecule has 0 radical (unpaired) electrons. The van der Waals surface area contributed by atoms with Gasteiger partial charge in [-0.25, -0.2) is 8.42 Å². The average molecular weight is 367 g/mol. The molecule has 10 heteroatoms. The number of nitro benzene ring substituents is 1. The van der Waals surface area contributed by atoms with Crippen molar-refractivity contribution in [3.63, 3.8) is 0 Å². The summed E-state index contributed by atoms with van der Waals surface area (Å²) in [4.78, 5) is 25.4. The monoisotopic (exact) mass is 367 g/mol. The number of benzene rings is 1. The molecule has 0 aliphatic rings. The van der Waals surface area contributed by atoms with Crippen molar-refractivity contribution in [2.24, 2.45) is 5.92 Å². The number of carbonyl (C=O) groups is 1. The first-order valence-electron chi connectivity index (χ1n) is 7.40. The second-order valence-electron chi connectivity index (χ2n) is 5.88. The standard InChI is InChI=1S/C15H17N3O6S/c1-9(2)8-11(15(19)20)17-25(23,24)13-6-5-12(18(21)22)10-4-3-7-16-14(10)13/h3-7,9,11,17H,8H2,1-2H3,(H,19,20)/t11-/m0/s1. The van der Waals surface area contributed by atoms with Gasteiger partial charge >= 0.3 is 5.97 Å². The maximum absolute atomic E-state index is 12.6. The number of aromatic nitrogens is 1. The van der Waals surface area contributed by atoms with Gasteiger partial charge in [-0.3, -0.25) is 19.9 Å². The second kappa shape index (κ2) is 7.11. The third-order valence-electron chi connectivity index (χ3n) is 3.50. The van der Waals surface area contributed by atoms with Crippen LogP contribution in [0.15, 0.2) is 35.4 Å². The SMILES string of the molecule is CC(C)C[C@H](NS(=O)(=O)c1ccc([N+](=O)[O-])c2cccnc12)C(=O)O. The number of non-ortho nitro benzene ring substituents is 1. The van der Waals surface area contributed by atoms with Gasteiger partial charge in [0.25, 0.3) is 5.69 Å². The maximum atomic E-state index is 12.6. The van der Waals surface area contributed by atoms with Gasteiger partial charge in [-0.15, -0.1) is 0 Å². The summed E-state index contributed by atoms with van der Waals surface area (Å²) < 4.78 is 27.4. The number of carboxylic acids is 1. The zero-order chi connectivity index (χ0) is 18.8. The molecule has 0 fully saturated rings. The molecular formula is C15H17N3O6S. The third kappa shape index (κ3) is 4.09. The molecule has 0 amide bonds. The lowest BCUT2D eigenvalue weighted by atomic mass is 10.1. The van der Waals surface area contributed by atoms with Gasteiger partial charge in [-0.2, -0.15) is 4.72 Å². The Morgan fingerprint density at radius 1 is 1.36 bits per heavy atom. The first-order valence-corrected chi connectivity index (χ1v) is 8.89. The largest absolute Gasteiger partial charge is 0.480 e. The van der Waals surface area contributed by atoms with E-state index in [2.05, 4.69) is 9.71 Å². The van der Waals surface area contributed by atoms with E-state index in [-0.39, 0.29) is 33.8 Å². The number of sulfonamides is 1. The average Bonchev–Trinajstić information content (AvgIpc) is 2.52. The molecule has 25 heavy (non-hydrogen) atoms. The molecule has 0 unspecified atom stereocenters. The summed E-state index contributed by atoms with van der Waals surface area (Å²) in [6.45, 7) is 3.54. The van der Waals surface area contributed by atoms with Crippen molar-refractivity contribution in [1.82, 2.24) is 9.71 Å². The van der Waals surface area contributed by atoms with Gasteiger partial charge in [0.15, 0.2) is 0 Å². The zero-order valence-electron chi connectivity index (χ0n) is 13.5. The third-order valence-corrected chi connectivity index (χ3v) is 5.00. The highest BCUT2D eigenvalue weighted by Crippen LogP contribution is 2.29. The Kier molecular flexibility index (Phi) is 5.33. The van der Waals surface area contributed by atoms with Crippen LogP contribution in [0.2, 0.25) is 0 Å². The van der Waals surface area contributed by atoms with Crippen LogP contribution in [0.3, 0.4) is 0 Å². The molecule has 0 saturated carbocycles. The van der Waals surface area contributed by atoms with Gasteiger partial charge < -0.3 is 5.11 Å². The summed E-state index contributed by atoms with van der Waals surface area (Å²) in [5, 5.41) is 20.4. The Bertz CT molecular complexity index is 926.